The van der Waals surface area contributed by atoms with Crippen LogP contribution in [0.5, 0.6) is 0 Å². The lowest BCUT2D eigenvalue weighted by atomic mass is 9.91. The number of rotatable bonds is 5. The van der Waals surface area contributed by atoms with E-state index in [4.69, 9.17) is 15.9 Å². The van der Waals surface area contributed by atoms with E-state index in [1.165, 1.54) is 18.7 Å². The molecular weight excluding hydrogens is 234 g/mol. The van der Waals surface area contributed by atoms with E-state index in [2.05, 4.69) is 4.98 Å². The van der Waals surface area contributed by atoms with Crippen molar-refractivity contribution in [1.29, 1.82) is 0 Å². The van der Waals surface area contributed by atoms with Gasteiger partial charge in [0.25, 0.3) is 0 Å². The molecule has 18 heavy (non-hydrogen) atoms. The summed E-state index contributed by atoms with van der Waals surface area (Å²) in [6.45, 7) is 0.493. The first-order chi connectivity index (χ1) is 8.63. The molecule has 0 aromatic carbocycles. The minimum Gasteiger partial charge on any atom is -0.478 e. The Hall–Kier alpha value is -1.82. The number of carboxylic acids is 1. The van der Waals surface area contributed by atoms with Crippen molar-refractivity contribution in [3.05, 3.63) is 17.8 Å². The van der Waals surface area contributed by atoms with E-state index in [0.717, 1.165) is 12.8 Å². The molecule has 1 aromatic heterocycles. The van der Waals surface area contributed by atoms with Crippen molar-refractivity contribution in [2.45, 2.75) is 25.3 Å². The van der Waals surface area contributed by atoms with Gasteiger partial charge in [0.1, 0.15) is 0 Å². The summed E-state index contributed by atoms with van der Waals surface area (Å²) in [6, 6.07) is 1.76. The molecule has 0 unspecified atom stereocenters. The summed E-state index contributed by atoms with van der Waals surface area (Å²) in [4.78, 5) is 16.9. The minimum atomic E-state index is -1.04. The lowest BCUT2D eigenvalue weighted by Crippen LogP contribution is -2.42. The van der Waals surface area contributed by atoms with Gasteiger partial charge in [-0.2, -0.15) is 0 Å². The van der Waals surface area contributed by atoms with E-state index in [-0.39, 0.29) is 12.2 Å². The van der Waals surface area contributed by atoms with E-state index in [0.29, 0.717) is 24.1 Å². The fourth-order valence-corrected chi connectivity index (χ4v) is 2.10. The Morgan fingerprint density at radius 3 is 2.72 bits per heavy atom. The van der Waals surface area contributed by atoms with E-state index in [1.807, 2.05) is 4.90 Å². The van der Waals surface area contributed by atoms with Gasteiger partial charge in [-0.15, -0.1) is 0 Å². The van der Waals surface area contributed by atoms with Crippen molar-refractivity contribution in [3.8, 4) is 0 Å². The average molecular weight is 251 g/mol. The van der Waals surface area contributed by atoms with Crippen LogP contribution in [-0.2, 0) is 0 Å². The summed E-state index contributed by atoms with van der Waals surface area (Å²) in [6.07, 6.45) is 4.58. The van der Waals surface area contributed by atoms with Gasteiger partial charge < -0.3 is 20.8 Å². The van der Waals surface area contributed by atoms with Crippen molar-refractivity contribution >= 4 is 17.5 Å². The second kappa shape index (κ2) is 5.22. The standard InChI is InChI=1S/C12H17N3O3/c13-10-6-8(12(17)18)7-14-11(10)15(4-5-16)9-2-1-3-9/h6-7,9,16H,1-5,13H2,(H,17,18). The Balaban J connectivity index is 2.26. The van der Waals surface area contributed by atoms with Crippen molar-refractivity contribution in [1.82, 2.24) is 4.98 Å². The van der Waals surface area contributed by atoms with Gasteiger partial charge in [-0.25, -0.2) is 9.78 Å². The zero-order valence-corrected chi connectivity index (χ0v) is 10.0. The lowest BCUT2D eigenvalue weighted by molar-refractivity contribution is 0.0696. The molecular formula is C12H17N3O3. The highest BCUT2D eigenvalue weighted by Gasteiger charge is 2.27. The van der Waals surface area contributed by atoms with Crippen LogP contribution >= 0.6 is 0 Å². The first kappa shape index (κ1) is 12.6. The number of pyridine rings is 1. The summed E-state index contributed by atoms with van der Waals surface area (Å²) in [7, 11) is 0. The number of nitrogens with zero attached hydrogens (tertiary/aromatic N) is 2. The quantitative estimate of drug-likeness (QED) is 0.712. The molecule has 98 valence electrons. The second-order valence-electron chi connectivity index (χ2n) is 4.44. The van der Waals surface area contributed by atoms with Crippen molar-refractivity contribution in [3.63, 3.8) is 0 Å². The summed E-state index contributed by atoms with van der Waals surface area (Å²) < 4.78 is 0. The maximum absolute atomic E-state index is 10.8. The van der Waals surface area contributed by atoms with Gasteiger partial charge in [-0.3, -0.25) is 0 Å². The molecule has 1 fully saturated rings. The van der Waals surface area contributed by atoms with Gasteiger partial charge in [0.05, 0.1) is 17.9 Å². The molecule has 6 heteroatoms. The molecule has 0 amide bonds. The Kier molecular flexibility index (Phi) is 3.66. The first-order valence-corrected chi connectivity index (χ1v) is 5.99. The number of carbonyl (C=O) groups is 1. The zero-order valence-electron chi connectivity index (χ0n) is 10.0. The Labute approximate surface area is 105 Å². The first-order valence-electron chi connectivity index (χ1n) is 5.99. The van der Waals surface area contributed by atoms with Gasteiger partial charge in [0, 0.05) is 18.8 Å². The lowest BCUT2D eigenvalue weighted by Gasteiger charge is -2.38. The highest BCUT2D eigenvalue weighted by Crippen LogP contribution is 2.31. The predicted molar refractivity (Wildman–Crippen MR) is 67.7 cm³/mol. The number of aliphatic hydroxyl groups is 1. The topological polar surface area (TPSA) is 99.7 Å². The van der Waals surface area contributed by atoms with E-state index < -0.39 is 5.97 Å². The maximum Gasteiger partial charge on any atom is 0.337 e. The molecule has 0 aliphatic heterocycles. The maximum atomic E-state index is 10.8. The molecule has 0 bridgehead atoms. The molecule has 0 radical (unpaired) electrons. The number of anilines is 2. The van der Waals surface area contributed by atoms with Gasteiger partial charge in [-0.1, -0.05) is 0 Å². The van der Waals surface area contributed by atoms with E-state index in [9.17, 15) is 4.79 Å². The van der Waals surface area contributed by atoms with Crippen LogP contribution < -0.4 is 10.6 Å². The third kappa shape index (κ3) is 2.38. The highest BCUT2D eigenvalue weighted by atomic mass is 16.4. The van der Waals surface area contributed by atoms with Crippen LogP contribution in [-0.4, -0.2) is 40.4 Å². The van der Waals surface area contributed by atoms with Crippen molar-refractivity contribution < 1.29 is 15.0 Å². The number of aromatic carboxylic acids is 1. The molecule has 1 aliphatic rings. The zero-order chi connectivity index (χ0) is 13.1. The summed E-state index contributed by atoms with van der Waals surface area (Å²) >= 11 is 0. The van der Waals surface area contributed by atoms with Gasteiger partial charge in [-0.05, 0) is 25.3 Å². The third-order valence-corrected chi connectivity index (χ3v) is 3.27. The molecule has 1 saturated carbocycles. The van der Waals surface area contributed by atoms with Gasteiger partial charge in [0.2, 0.25) is 0 Å². The molecule has 0 saturated heterocycles. The Morgan fingerprint density at radius 2 is 2.28 bits per heavy atom. The largest absolute Gasteiger partial charge is 0.478 e. The van der Waals surface area contributed by atoms with Crippen LogP contribution in [0.2, 0.25) is 0 Å². The van der Waals surface area contributed by atoms with Crippen molar-refractivity contribution in [2.75, 3.05) is 23.8 Å². The Bertz CT molecular complexity index is 446. The number of hydrogen-bond acceptors (Lipinski definition) is 5. The number of nitrogen functional groups attached to an aromatic ring is 1. The number of aliphatic hydroxyl groups excluding tert-OH is 1. The van der Waals surface area contributed by atoms with E-state index >= 15 is 0 Å². The SMILES string of the molecule is Nc1cc(C(=O)O)cnc1N(CCO)C1CCC1. The molecule has 2 rings (SSSR count). The highest BCUT2D eigenvalue weighted by molar-refractivity contribution is 5.89. The van der Waals surface area contributed by atoms with Crippen LogP contribution in [0.15, 0.2) is 12.3 Å². The summed E-state index contributed by atoms with van der Waals surface area (Å²) in [5, 5.41) is 18.0. The van der Waals surface area contributed by atoms with Crippen LogP contribution in [0.4, 0.5) is 11.5 Å². The average Bonchev–Trinajstić information content (AvgIpc) is 2.26. The molecule has 4 N–H and O–H groups in total. The molecule has 1 aromatic rings. The predicted octanol–water partition coefficient (Wildman–Crippen LogP) is 0.713. The van der Waals surface area contributed by atoms with Crippen molar-refractivity contribution in [2.24, 2.45) is 0 Å². The normalized spacial score (nSPS) is 15.2. The van der Waals surface area contributed by atoms with Crippen LogP contribution in [0.25, 0.3) is 0 Å². The number of hydrogen-bond donors (Lipinski definition) is 3. The Morgan fingerprint density at radius 1 is 1.56 bits per heavy atom. The number of nitrogens with two attached hydrogens (primary N) is 1. The second-order valence-corrected chi connectivity index (χ2v) is 4.44. The molecule has 1 heterocycles. The van der Waals surface area contributed by atoms with Crippen LogP contribution in [0.3, 0.4) is 0 Å². The monoisotopic (exact) mass is 251 g/mol. The number of aromatic nitrogens is 1. The summed E-state index contributed by atoms with van der Waals surface area (Å²) in [5.41, 5.74) is 6.28. The minimum absolute atomic E-state index is 0.0261. The fourth-order valence-electron chi connectivity index (χ4n) is 2.10. The molecule has 0 atom stereocenters. The third-order valence-electron chi connectivity index (χ3n) is 3.27. The fraction of sp³-hybridized carbons (Fsp3) is 0.500. The molecule has 1 aliphatic carbocycles. The van der Waals surface area contributed by atoms with Gasteiger partial charge >= 0.3 is 5.97 Å². The summed E-state index contributed by atoms with van der Waals surface area (Å²) in [5.74, 6) is -0.475. The van der Waals surface area contributed by atoms with Crippen LogP contribution in [0, 0.1) is 0 Å². The molecule has 0 spiro atoms. The van der Waals surface area contributed by atoms with Gasteiger partial charge in [0.15, 0.2) is 5.82 Å². The molecule has 6 nitrogen and oxygen atoms in total. The smallest absolute Gasteiger partial charge is 0.337 e. The van der Waals surface area contributed by atoms with Crippen LogP contribution in [0.1, 0.15) is 29.6 Å². The number of carboxylic acid groups (broad SMARTS) is 1. The van der Waals surface area contributed by atoms with E-state index in [1.54, 1.807) is 0 Å².